The molecular weight excluding hydrogens is 481 g/mol. The Hall–Kier alpha value is -3.67. The molecule has 9 nitrogen and oxygen atoms in total. The van der Waals surface area contributed by atoms with Crippen LogP contribution in [-0.2, 0) is 17.5 Å². The number of ether oxygens (including phenoxy) is 1. The summed E-state index contributed by atoms with van der Waals surface area (Å²) in [7, 11) is 0. The number of alkyl carbamates (subject to hydrolysis) is 1. The minimum atomic E-state index is -4.80. The Kier molecular flexibility index (Phi) is 7.87. The number of alkyl halides is 3. The summed E-state index contributed by atoms with van der Waals surface area (Å²) in [4.78, 5) is 42.2. The highest BCUT2D eigenvalue weighted by atomic mass is 19.4. The number of amides is 3. The third-order valence-electron chi connectivity index (χ3n) is 5.08. The minimum absolute atomic E-state index is 0.0354. The predicted octanol–water partition coefficient (Wildman–Crippen LogP) is 3.58. The van der Waals surface area contributed by atoms with Gasteiger partial charge in [-0.3, -0.25) is 9.59 Å². The number of anilines is 1. The molecule has 3 amide bonds. The maximum absolute atomic E-state index is 13.4. The van der Waals surface area contributed by atoms with Crippen LogP contribution in [0.1, 0.15) is 59.2 Å². The number of hydrogen-bond donors (Lipinski definition) is 3. The van der Waals surface area contributed by atoms with Crippen molar-refractivity contribution in [3.8, 4) is 0 Å². The molecule has 1 unspecified atom stereocenters. The van der Waals surface area contributed by atoms with Gasteiger partial charge >= 0.3 is 12.3 Å². The van der Waals surface area contributed by atoms with Crippen LogP contribution in [0.2, 0.25) is 0 Å². The van der Waals surface area contributed by atoms with Crippen LogP contribution in [0.4, 0.5) is 23.8 Å². The number of likely N-dealkylation sites (tertiary alicyclic amines) is 1. The smallest absolute Gasteiger partial charge is 0.433 e. The molecule has 3 rings (SSSR count). The first-order chi connectivity index (χ1) is 16.7. The first kappa shape index (κ1) is 26.9. The number of benzene rings is 1. The summed E-state index contributed by atoms with van der Waals surface area (Å²) in [6.45, 7) is 5.20. The Morgan fingerprint density at radius 1 is 1.14 bits per heavy atom. The van der Waals surface area contributed by atoms with Crippen molar-refractivity contribution in [3.63, 3.8) is 0 Å². The van der Waals surface area contributed by atoms with E-state index in [4.69, 9.17) is 4.74 Å². The van der Waals surface area contributed by atoms with Gasteiger partial charge in [0.05, 0.1) is 6.10 Å². The second-order valence-electron chi connectivity index (χ2n) is 9.33. The van der Waals surface area contributed by atoms with Crippen LogP contribution in [0.15, 0.2) is 36.4 Å². The van der Waals surface area contributed by atoms with E-state index >= 15 is 0 Å². The number of aliphatic hydroxyl groups excluding tert-OH is 1. The van der Waals surface area contributed by atoms with Crippen LogP contribution in [0.5, 0.6) is 0 Å². The van der Waals surface area contributed by atoms with Crippen molar-refractivity contribution in [2.75, 3.05) is 18.4 Å². The zero-order valence-corrected chi connectivity index (χ0v) is 20.0. The lowest BCUT2D eigenvalue weighted by molar-refractivity contribution is -0.141. The molecule has 1 saturated heterocycles. The maximum Gasteiger partial charge on any atom is 0.433 e. The fourth-order valence-corrected chi connectivity index (χ4v) is 3.48. The third kappa shape index (κ3) is 7.41. The van der Waals surface area contributed by atoms with Crippen LogP contribution in [-0.4, -0.2) is 57.7 Å². The van der Waals surface area contributed by atoms with Crippen molar-refractivity contribution in [2.45, 2.75) is 51.6 Å². The lowest BCUT2D eigenvalue weighted by atomic mass is 10.1. The number of halogens is 3. The molecule has 0 radical (unpaired) electrons. The van der Waals surface area contributed by atoms with Gasteiger partial charge in [-0.15, -0.1) is 0 Å². The molecule has 3 N–H and O–H groups in total. The molecule has 2 aromatic rings. The van der Waals surface area contributed by atoms with Crippen molar-refractivity contribution in [3.05, 3.63) is 58.8 Å². The lowest BCUT2D eigenvalue weighted by Crippen LogP contribution is -2.32. The van der Waals surface area contributed by atoms with Gasteiger partial charge in [-0.1, -0.05) is 6.07 Å². The number of nitrogens with zero attached hydrogens (tertiary/aromatic N) is 2. The molecular formula is C24H27F3N4O5. The van der Waals surface area contributed by atoms with Crippen LogP contribution in [0.25, 0.3) is 0 Å². The molecule has 0 saturated carbocycles. The quantitative estimate of drug-likeness (QED) is 0.568. The Bertz CT molecular complexity index is 1150. The Balaban J connectivity index is 1.77. The molecule has 1 aromatic carbocycles. The number of pyridine rings is 1. The van der Waals surface area contributed by atoms with Crippen LogP contribution >= 0.6 is 0 Å². The van der Waals surface area contributed by atoms with Crippen LogP contribution in [0, 0.1) is 0 Å². The zero-order chi connectivity index (χ0) is 26.7. The van der Waals surface area contributed by atoms with Gasteiger partial charge in [0.2, 0.25) is 0 Å². The molecule has 0 bridgehead atoms. The summed E-state index contributed by atoms with van der Waals surface area (Å²) < 4.78 is 45.3. The molecule has 1 fully saturated rings. The number of nitrogens with one attached hydrogen (secondary N) is 2. The van der Waals surface area contributed by atoms with Gasteiger partial charge in [0, 0.05) is 30.8 Å². The van der Waals surface area contributed by atoms with E-state index in [0.717, 1.165) is 6.07 Å². The average Bonchev–Trinajstić information content (AvgIpc) is 3.21. The molecule has 12 heteroatoms. The Labute approximate surface area is 205 Å². The fourth-order valence-electron chi connectivity index (χ4n) is 3.48. The molecule has 36 heavy (non-hydrogen) atoms. The summed E-state index contributed by atoms with van der Waals surface area (Å²) in [6, 6.07) is 7.67. The number of carbonyl (C=O) groups is 3. The van der Waals surface area contributed by atoms with Crippen molar-refractivity contribution in [1.82, 2.24) is 15.2 Å². The van der Waals surface area contributed by atoms with E-state index in [1.54, 1.807) is 20.8 Å². The summed E-state index contributed by atoms with van der Waals surface area (Å²) in [5.41, 5.74) is -1.76. The van der Waals surface area contributed by atoms with Gasteiger partial charge in [-0.2, -0.15) is 13.2 Å². The van der Waals surface area contributed by atoms with E-state index in [0.29, 0.717) is 13.0 Å². The second kappa shape index (κ2) is 10.5. The molecule has 2 heterocycles. The van der Waals surface area contributed by atoms with E-state index in [1.165, 1.54) is 35.2 Å². The summed E-state index contributed by atoms with van der Waals surface area (Å²) in [5.74, 6) is -1.52. The van der Waals surface area contributed by atoms with Crippen molar-refractivity contribution >= 4 is 23.7 Å². The van der Waals surface area contributed by atoms with Gasteiger partial charge in [0.1, 0.15) is 17.1 Å². The number of hydrogen-bond acceptors (Lipinski definition) is 6. The number of β-amino-alcohol motifs (C(OH)–C–C–N with tert-alkyl or cyclic N) is 1. The van der Waals surface area contributed by atoms with Gasteiger partial charge < -0.3 is 25.4 Å². The highest BCUT2D eigenvalue weighted by Crippen LogP contribution is 2.29. The van der Waals surface area contributed by atoms with Crippen LogP contribution in [0.3, 0.4) is 0 Å². The average molecular weight is 508 g/mol. The predicted molar refractivity (Wildman–Crippen MR) is 123 cm³/mol. The molecule has 1 atom stereocenters. The van der Waals surface area contributed by atoms with E-state index in [2.05, 4.69) is 15.6 Å². The fraction of sp³-hybridized carbons (Fsp3) is 0.417. The first-order valence-electron chi connectivity index (χ1n) is 11.1. The molecule has 1 aromatic heterocycles. The monoisotopic (exact) mass is 508 g/mol. The van der Waals surface area contributed by atoms with Gasteiger partial charge in [-0.25, -0.2) is 9.78 Å². The van der Waals surface area contributed by atoms with E-state index in [9.17, 15) is 32.7 Å². The number of rotatable bonds is 5. The maximum atomic E-state index is 13.4. The Morgan fingerprint density at radius 2 is 1.83 bits per heavy atom. The van der Waals surface area contributed by atoms with E-state index in [1.807, 2.05) is 0 Å². The highest BCUT2D eigenvalue weighted by Gasteiger charge is 2.33. The molecule has 1 aliphatic heterocycles. The topological polar surface area (TPSA) is 121 Å². The number of carbonyl (C=O) groups excluding carboxylic acids is 3. The van der Waals surface area contributed by atoms with Gasteiger partial charge in [-0.05, 0) is 63.1 Å². The minimum Gasteiger partial charge on any atom is -0.444 e. The molecule has 0 spiro atoms. The van der Waals surface area contributed by atoms with E-state index < -0.39 is 35.6 Å². The van der Waals surface area contributed by atoms with E-state index in [-0.39, 0.29) is 41.5 Å². The second-order valence-corrected chi connectivity index (χ2v) is 9.33. The van der Waals surface area contributed by atoms with Crippen molar-refractivity contribution in [1.29, 1.82) is 0 Å². The molecule has 194 valence electrons. The lowest BCUT2D eigenvalue weighted by Gasteiger charge is -2.20. The first-order valence-corrected chi connectivity index (χ1v) is 11.1. The largest absolute Gasteiger partial charge is 0.444 e. The van der Waals surface area contributed by atoms with Gasteiger partial charge in [0.25, 0.3) is 11.8 Å². The molecule has 1 aliphatic rings. The standard InChI is InChI=1S/C24H27F3N4O5/c1-23(2,3)36-22(35)28-12-14-9-18(24(25,26)27)29-19(10-14)30-20(33)15-5-4-6-16(11-15)21(34)31-8-7-17(32)13-31/h4-6,9-11,17,32H,7-8,12-13H2,1-3H3,(H,28,35)(H,29,30,33). The Morgan fingerprint density at radius 3 is 2.44 bits per heavy atom. The highest BCUT2D eigenvalue weighted by molar-refractivity contribution is 6.05. The third-order valence-corrected chi connectivity index (χ3v) is 5.08. The summed E-state index contributed by atoms with van der Waals surface area (Å²) in [5, 5.41) is 14.3. The van der Waals surface area contributed by atoms with Crippen molar-refractivity contribution < 1.29 is 37.4 Å². The molecule has 0 aliphatic carbocycles. The zero-order valence-electron chi connectivity index (χ0n) is 20.0. The summed E-state index contributed by atoms with van der Waals surface area (Å²) >= 11 is 0. The normalized spacial score (nSPS) is 16.0. The number of aromatic nitrogens is 1. The number of aliphatic hydroxyl groups is 1. The van der Waals surface area contributed by atoms with Crippen LogP contribution < -0.4 is 10.6 Å². The van der Waals surface area contributed by atoms with Gasteiger partial charge in [0.15, 0.2) is 0 Å². The summed E-state index contributed by atoms with van der Waals surface area (Å²) in [6.07, 6.45) is -5.76. The SMILES string of the molecule is CC(C)(C)OC(=O)NCc1cc(NC(=O)c2cccc(C(=O)N3CCC(O)C3)c2)nc(C(F)(F)F)c1. The van der Waals surface area contributed by atoms with Crippen molar-refractivity contribution in [2.24, 2.45) is 0 Å².